The fraction of sp³-hybridized carbons (Fsp3) is 0.143. The zero-order valence-electron chi connectivity index (χ0n) is 11.6. The SMILES string of the molecule is O=C(COC(=O)c1ccc(Br)o1)Nc1cc(C(F)(F)F)ccc1Cl. The monoisotopic (exact) mass is 425 g/mol. The molecule has 128 valence electrons. The third kappa shape index (κ3) is 4.75. The van der Waals surface area contributed by atoms with Crippen molar-refractivity contribution in [3.8, 4) is 0 Å². The van der Waals surface area contributed by atoms with Gasteiger partial charge in [0.15, 0.2) is 11.3 Å². The second-order valence-corrected chi connectivity index (χ2v) is 5.61. The lowest BCUT2D eigenvalue weighted by atomic mass is 10.2. The molecule has 0 saturated carbocycles. The number of halogens is 5. The van der Waals surface area contributed by atoms with Crippen LogP contribution in [0.5, 0.6) is 0 Å². The van der Waals surface area contributed by atoms with Crippen LogP contribution in [0.15, 0.2) is 39.4 Å². The average Bonchev–Trinajstić information content (AvgIpc) is 2.92. The Bertz CT molecular complexity index is 776. The summed E-state index contributed by atoms with van der Waals surface area (Å²) in [7, 11) is 0. The van der Waals surface area contributed by atoms with Crippen LogP contribution < -0.4 is 5.32 Å². The van der Waals surface area contributed by atoms with E-state index in [-0.39, 0.29) is 16.5 Å². The van der Waals surface area contributed by atoms with Crippen molar-refractivity contribution in [1.82, 2.24) is 0 Å². The Morgan fingerprint density at radius 1 is 1.25 bits per heavy atom. The molecule has 0 aliphatic rings. The molecule has 0 radical (unpaired) electrons. The third-order valence-corrected chi connectivity index (χ3v) is 3.43. The van der Waals surface area contributed by atoms with Crippen molar-refractivity contribution in [1.29, 1.82) is 0 Å². The third-order valence-electron chi connectivity index (χ3n) is 2.68. The van der Waals surface area contributed by atoms with Gasteiger partial charge in [0, 0.05) is 0 Å². The molecule has 1 amide bonds. The first-order valence-corrected chi connectivity index (χ1v) is 7.43. The maximum absolute atomic E-state index is 12.6. The summed E-state index contributed by atoms with van der Waals surface area (Å²) in [6.07, 6.45) is -4.58. The minimum atomic E-state index is -4.58. The van der Waals surface area contributed by atoms with E-state index in [4.69, 9.17) is 16.0 Å². The van der Waals surface area contributed by atoms with Crippen molar-refractivity contribution >= 4 is 45.1 Å². The summed E-state index contributed by atoms with van der Waals surface area (Å²) in [5.74, 6) is -1.88. The number of hydrogen-bond donors (Lipinski definition) is 1. The number of esters is 1. The molecule has 0 aliphatic heterocycles. The first-order valence-electron chi connectivity index (χ1n) is 6.26. The average molecular weight is 427 g/mol. The summed E-state index contributed by atoms with van der Waals surface area (Å²) in [4.78, 5) is 23.3. The largest absolute Gasteiger partial charge is 0.450 e. The molecule has 5 nitrogen and oxygen atoms in total. The molecule has 0 atom stereocenters. The molecule has 1 aromatic heterocycles. The smallest absolute Gasteiger partial charge is 0.416 e. The van der Waals surface area contributed by atoms with E-state index in [1.807, 2.05) is 0 Å². The van der Waals surface area contributed by atoms with Crippen LogP contribution >= 0.6 is 27.5 Å². The highest BCUT2D eigenvalue weighted by molar-refractivity contribution is 9.10. The van der Waals surface area contributed by atoms with E-state index in [2.05, 4.69) is 26.0 Å². The highest BCUT2D eigenvalue weighted by atomic mass is 79.9. The molecule has 2 rings (SSSR count). The number of carbonyl (C=O) groups is 2. The normalized spacial score (nSPS) is 11.2. The van der Waals surface area contributed by atoms with Crippen molar-refractivity contribution < 1.29 is 31.9 Å². The van der Waals surface area contributed by atoms with Gasteiger partial charge >= 0.3 is 12.1 Å². The Morgan fingerprint density at radius 2 is 1.96 bits per heavy atom. The Kier molecular flexibility index (Phi) is 5.55. The molecule has 2 aromatic rings. The summed E-state index contributed by atoms with van der Waals surface area (Å²) in [6, 6.07) is 5.26. The highest BCUT2D eigenvalue weighted by Gasteiger charge is 2.31. The molecule has 1 aromatic carbocycles. The number of rotatable bonds is 4. The van der Waals surface area contributed by atoms with Gasteiger partial charge in [-0.2, -0.15) is 13.2 Å². The van der Waals surface area contributed by atoms with Gasteiger partial charge in [-0.05, 0) is 46.3 Å². The van der Waals surface area contributed by atoms with E-state index >= 15 is 0 Å². The van der Waals surface area contributed by atoms with Crippen LogP contribution in [0.4, 0.5) is 18.9 Å². The fourth-order valence-corrected chi connectivity index (χ4v) is 2.08. The predicted octanol–water partition coefficient (Wildman–Crippen LogP) is 4.51. The number of ether oxygens (including phenoxy) is 1. The van der Waals surface area contributed by atoms with Crippen LogP contribution in [0.3, 0.4) is 0 Å². The van der Waals surface area contributed by atoms with Gasteiger partial charge in [-0.15, -0.1) is 0 Å². The summed E-state index contributed by atoms with van der Waals surface area (Å²) < 4.78 is 47.8. The molecule has 0 spiro atoms. The number of alkyl halides is 3. The summed E-state index contributed by atoms with van der Waals surface area (Å²) in [5, 5.41) is 2.06. The van der Waals surface area contributed by atoms with E-state index < -0.39 is 30.2 Å². The van der Waals surface area contributed by atoms with Gasteiger partial charge in [-0.1, -0.05) is 11.6 Å². The molecule has 10 heteroatoms. The highest BCUT2D eigenvalue weighted by Crippen LogP contribution is 2.33. The number of benzene rings is 1. The van der Waals surface area contributed by atoms with Crippen LogP contribution in [0.2, 0.25) is 5.02 Å². The molecule has 24 heavy (non-hydrogen) atoms. The quantitative estimate of drug-likeness (QED) is 0.731. The molecule has 0 aliphatic carbocycles. The lowest BCUT2D eigenvalue weighted by Crippen LogP contribution is -2.21. The second kappa shape index (κ2) is 7.27. The van der Waals surface area contributed by atoms with Gasteiger partial charge in [0.1, 0.15) is 0 Å². The number of furan rings is 1. The van der Waals surface area contributed by atoms with Gasteiger partial charge in [0.05, 0.1) is 16.3 Å². The first-order chi connectivity index (χ1) is 11.2. The summed E-state index contributed by atoms with van der Waals surface area (Å²) >= 11 is 8.74. The van der Waals surface area contributed by atoms with Crippen molar-refractivity contribution in [2.24, 2.45) is 0 Å². The van der Waals surface area contributed by atoms with Crippen molar-refractivity contribution in [3.63, 3.8) is 0 Å². The van der Waals surface area contributed by atoms with Crippen molar-refractivity contribution in [3.05, 3.63) is 51.3 Å². The van der Waals surface area contributed by atoms with E-state index in [1.54, 1.807) is 0 Å². The minimum absolute atomic E-state index is 0.0855. The number of carbonyl (C=O) groups excluding carboxylic acids is 2. The minimum Gasteiger partial charge on any atom is -0.450 e. The number of anilines is 1. The van der Waals surface area contributed by atoms with Crippen LogP contribution in [0.25, 0.3) is 0 Å². The van der Waals surface area contributed by atoms with Gasteiger partial charge in [0.25, 0.3) is 5.91 Å². The van der Waals surface area contributed by atoms with Gasteiger partial charge in [-0.25, -0.2) is 4.79 Å². The van der Waals surface area contributed by atoms with E-state index in [0.29, 0.717) is 10.7 Å². The van der Waals surface area contributed by atoms with Gasteiger partial charge in [0.2, 0.25) is 5.76 Å². The maximum atomic E-state index is 12.6. The Labute approximate surface area is 146 Å². The number of nitrogens with one attached hydrogen (secondary N) is 1. The Balaban J connectivity index is 1.98. The molecule has 1 N–H and O–H groups in total. The molecule has 0 unspecified atom stereocenters. The predicted molar refractivity (Wildman–Crippen MR) is 81.8 cm³/mol. The molecule has 0 bridgehead atoms. The zero-order chi connectivity index (χ0) is 17.9. The van der Waals surface area contributed by atoms with E-state index in [0.717, 1.165) is 12.1 Å². The summed E-state index contributed by atoms with van der Waals surface area (Å²) in [6.45, 7) is -0.719. The van der Waals surface area contributed by atoms with Crippen LogP contribution in [-0.2, 0) is 15.7 Å². The van der Waals surface area contributed by atoms with Crippen molar-refractivity contribution in [2.45, 2.75) is 6.18 Å². The van der Waals surface area contributed by atoms with Crippen LogP contribution in [0.1, 0.15) is 16.1 Å². The summed E-state index contributed by atoms with van der Waals surface area (Å²) in [5.41, 5.74) is -1.21. The maximum Gasteiger partial charge on any atom is 0.416 e. The second-order valence-electron chi connectivity index (χ2n) is 4.42. The Morgan fingerprint density at radius 3 is 2.54 bits per heavy atom. The van der Waals surface area contributed by atoms with Crippen LogP contribution in [-0.4, -0.2) is 18.5 Å². The van der Waals surface area contributed by atoms with Gasteiger partial charge < -0.3 is 14.5 Å². The first kappa shape index (κ1) is 18.3. The zero-order valence-corrected chi connectivity index (χ0v) is 14.0. The molecule has 0 fully saturated rings. The van der Waals surface area contributed by atoms with Gasteiger partial charge in [-0.3, -0.25) is 4.79 Å². The Hall–Kier alpha value is -2.00. The van der Waals surface area contributed by atoms with Crippen molar-refractivity contribution in [2.75, 3.05) is 11.9 Å². The lowest BCUT2D eigenvalue weighted by molar-refractivity contribution is -0.137. The molecule has 1 heterocycles. The van der Waals surface area contributed by atoms with E-state index in [1.165, 1.54) is 12.1 Å². The number of hydrogen-bond acceptors (Lipinski definition) is 4. The molecule has 0 saturated heterocycles. The number of amides is 1. The van der Waals surface area contributed by atoms with E-state index in [9.17, 15) is 22.8 Å². The molecular formula is C14H8BrClF3NO4. The standard InChI is InChI=1S/C14H8BrClF3NO4/c15-11-4-3-10(24-11)13(22)23-6-12(21)20-9-5-7(14(17,18)19)1-2-8(9)16/h1-5H,6H2,(H,20,21). The molecular weight excluding hydrogens is 419 g/mol. The topological polar surface area (TPSA) is 68.5 Å². The fourth-order valence-electron chi connectivity index (χ4n) is 1.61. The lowest BCUT2D eigenvalue weighted by Gasteiger charge is -2.11. The van der Waals surface area contributed by atoms with Crippen LogP contribution in [0, 0.1) is 0 Å².